The fraction of sp³-hybridized carbons (Fsp3) is 0.391. The van der Waals surface area contributed by atoms with Gasteiger partial charge in [-0.05, 0) is 48.6 Å². The molecule has 5 nitrogen and oxygen atoms in total. The van der Waals surface area contributed by atoms with Gasteiger partial charge in [0.15, 0.2) is 6.10 Å². The molecular formula is C23H27FN2O3. The van der Waals surface area contributed by atoms with E-state index in [-0.39, 0.29) is 18.3 Å². The van der Waals surface area contributed by atoms with E-state index in [1.165, 1.54) is 12.1 Å². The maximum absolute atomic E-state index is 13.6. The highest BCUT2D eigenvalue weighted by Gasteiger charge is 2.23. The highest BCUT2D eigenvalue weighted by atomic mass is 19.1. The second-order valence-corrected chi connectivity index (χ2v) is 7.42. The number of carboxylic acids is 1. The normalized spacial score (nSPS) is 12.6. The van der Waals surface area contributed by atoms with Crippen molar-refractivity contribution in [3.05, 3.63) is 59.2 Å². The number of hydrogen-bond donors (Lipinski definition) is 1. The molecule has 0 spiro atoms. The summed E-state index contributed by atoms with van der Waals surface area (Å²) >= 11 is 0. The minimum absolute atomic E-state index is 0.106. The van der Waals surface area contributed by atoms with Crippen LogP contribution in [0.4, 0.5) is 4.39 Å². The van der Waals surface area contributed by atoms with Crippen LogP contribution in [-0.2, 0) is 22.6 Å². The van der Waals surface area contributed by atoms with Gasteiger partial charge in [-0.25, -0.2) is 13.7 Å². The average molecular weight is 398 g/mol. The third-order valence-corrected chi connectivity index (χ3v) is 5.13. The Kier molecular flexibility index (Phi) is 6.33. The van der Waals surface area contributed by atoms with Crippen molar-refractivity contribution in [2.75, 3.05) is 0 Å². The number of carbonyl (C=O) groups is 1. The minimum atomic E-state index is -0.980. The third-order valence-electron chi connectivity index (χ3n) is 5.13. The summed E-state index contributed by atoms with van der Waals surface area (Å²) in [6.45, 7) is 8.09. The quantitative estimate of drug-likeness (QED) is 0.566. The molecular weight excluding hydrogens is 371 g/mol. The summed E-state index contributed by atoms with van der Waals surface area (Å²) in [6, 6.07) is 10.4. The Labute approximate surface area is 170 Å². The first kappa shape index (κ1) is 21.0. The van der Waals surface area contributed by atoms with Crippen LogP contribution in [0.3, 0.4) is 0 Å². The van der Waals surface area contributed by atoms with Crippen molar-refractivity contribution in [3.63, 3.8) is 0 Å². The molecule has 0 saturated carbocycles. The van der Waals surface area contributed by atoms with Crippen molar-refractivity contribution in [1.82, 2.24) is 9.61 Å². The van der Waals surface area contributed by atoms with Crippen LogP contribution in [0.25, 0.3) is 16.6 Å². The molecule has 29 heavy (non-hydrogen) atoms. The first-order valence-corrected chi connectivity index (χ1v) is 10.0. The SMILES string of the molecule is CCc1ccc2c(-c3ccc(F)cc3)c(COC(CC)C(=O)O)c(C(C)C)nn12. The first-order chi connectivity index (χ1) is 13.9. The molecule has 0 saturated heterocycles. The Morgan fingerprint density at radius 3 is 2.41 bits per heavy atom. The van der Waals surface area contributed by atoms with Gasteiger partial charge in [0.05, 0.1) is 17.8 Å². The van der Waals surface area contributed by atoms with Gasteiger partial charge in [-0.2, -0.15) is 5.10 Å². The third kappa shape index (κ3) is 4.17. The van der Waals surface area contributed by atoms with Crippen molar-refractivity contribution in [2.45, 2.75) is 59.2 Å². The molecule has 154 valence electrons. The number of halogens is 1. The van der Waals surface area contributed by atoms with E-state index in [9.17, 15) is 14.3 Å². The van der Waals surface area contributed by atoms with Crippen molar-refractivity contribution in [3.8, 4) is 11.1 Å². The van der Waals surface area contributed by atoms with E-state index < -0.39 is 12.1 Å². The smallest absolute Gasteiger partial charge is 0.332 e. The van der Waals surface area contributed by atoms with E-state index in [4.69, 9.17) is 9.84 Å². The molecule has 2 heterocycles. The molecule has 0 aliphatic carbocycles. The number of nitrogens with zero attached hydrogens (tertiary/aromatic N) is 2. The summed E-state index contributed by atoms with van der Waals surface area (Å²) in [5.74, 6) is -1.18. The lowest BCUT2D eigenvalue weighted by atomic mass is 9.95. The summed E-state index contributed by atoms with van der Waals surface area (Å²) in [4.78, 5) is 11.4. The Hall–Kier alpha value is -2.73. The van der Waals surface area contributed by atoms with Crippen LogP contribution in [0.5, 0.6) is 0 Å². The van der Waals surface area contributed by atoms with Gasteiger partial charge in [0, 0.05) is 16.8 Å². The fourth-order valence-electron chi connectivity index (χ4n) is 3.59. The van der Waals surface area contributed by atoms with Crippen LogP contribution in [-0.4, -0.2) is 26.8 Å². The number of hydrogen-bond acceptors (Lipinski definition) is 3. The summed E-state index contributed by atoms with van der Waals surface area (Å²) in [5.41, 5.74) is 5.43. The van der Waals surface area contributed by atoms with Crippen molar-refractivity contribution in [1.29, 1.82) is 0 Å². The molecule has 0 amide bonds. The molecule has 1 unspecified atom stereocenters. The lowest BCUT2D eigenvalue weighted by Crippen LogP contribution is -2.23. The summed E-state index contributed by atoms with van der Waals surface area (Å²) in [6.07, 6.45) is 0.318. The van der Waals surface area contributed by atoms with Crippen LogP contribution < -0.4 is 0 Å². The zero-order valence-corrected chi connectivity index (χ0v) is 17.3. The predicted molar refractivity (Wildman–Crippen MR) is 111 cm³/mol. The highest BCUT2D eigenvalue weighted by Crippen LogP contribution is 2.35. The van der Waals surface area contributed by atoms with E-state index in [0.29, 0.717) is 6.42 Å². The largest absolute Gasteiger partial charge is 0.479 e. The van der Waals surface area contributed by atoms with Gasteiger partial charge in [0.25, 0.3) is 0 Å². The van der Waals surface area contributed by atoms with E-state index in [2.05, 4.69) is 20.8 Å². The lowest BCUT2D eigenvalue weighted by Gasteiger charge is -2.21. The second kappa shape index (κ2) is 8.74. The van der Waals surface area contributed by atoms with E-state index in [1.54, 1.807) is 19.1 Å². The number of ether oxygens (including phenoxy) is 1. The van der Waals surface area contributed by atoms with Gasteiger partial charge in [0.2, 0.25) is 0 Å². The standard InChI is InChI=1S/C23H27FN2O3/c1-5-17-11-12-19-21(15-7-9-16(24)10-8-15)18(13-29-20(6-2)23(27)28)22(14(3)4)25-26(17)19/h7-12,14,20H,5-6,13H2,1-4H3,(H,27,28). The maximum atomic E-state index is 13.6. The number of aromatic nitrogens is 2. The highest BCUT2D eigenvalue weighted by molar-refractivity contribution is 5.84. The molecule has 0 bridgehead atoms. The zero-order valence-electron chi connectivity index (χ0n) is 17.3. The van der Waals surface area contributed by atoms with Crippen molar-refractivity contribution < 1.29 is 19.0 Å². The number of aryl methyl sites for hydroxylation is 1. The first-order valence-electron chi connectivity index (χ1n) is 10.0. The Bertz CT molecular complexity index is 1010. The number of benzene rings is 1. The molecule has 1 N–H and O–H groups in total. The van der Waals surface area contributed by atoms with E-state index >= 15 is 0 Å². The van der Waals surface area contributed by atoms with Crippen LogP contribution in [0, 0.1) is 5.82 Å². The Balaban J connectivity index is 2.25. The van der Waals surface area contributed by atoms with Gasteiger partial charge in [-0.3, -0.25) is 0 Å². The van der Waals surface area contributed by atoms with Crippen LogP contribution in [0.2, 0.25) is 0 Å². The maximum Gasteiger partial charge on any atom is 0.332 e. The van der Waals surface area contributed by atoms with Gasteiger partial charge < -0.3 is 9.84 Å². The van der Waals surface area contributed by atoms with Crippen molar-refractivity contribution >= 4 is 11.5 Å². The number of carboxylic acid groups (broad SMARTS) is 1. The lowest BCUT2D eigenvalue weighted by molar-refractivity contribution is -0.151. The van der Waals surface area contributed by atoms with Gasteiger partial charge in [-0.15, -0.1) is 0 Å². The molecule has 0 aliphatic rings. The Morgan fingerprint density at radius 1 is 1.17 bits per heavy atom. The van der Waals surface area contributed by atoms with E-state index in [0.717, 1.165) is 40.0 Å². The van der Waals surface area contributed by atoms with Gasteiger partial charge in [-0.1, -0.05) is 39.8 Å². The molecule has 3 rings (SSSR count). The molecule has 2 aromatic heterocycles. The molecule has 0 radical (unpaired) electrons. The monoisotopic (exact) mass is 398 g/mol. The van der Waals surface area contributed by atoms with Crippen LogP contribution in [0.1, 0.15) is 57.0 Å². The topological polar surface area (TPSA) is 63.8 Å². The summed E-state index contributed by atoms with van der Waals surface area (Å²) < 4.78 is 21.3. The van der Waals surface area contributed by atoms with Crippen molar-refractivity contribution in [2.24, 2.45) is 0 Å². The minimum Gasteiger partial charge on any atom is -0.479 e. The molecule has 1 atom stereocenters. The number of aliphatic carboxylic acids is 1. The van der Waals surface area contributed by atoms with Crippen LogP contribution in [0.15, 0.2) is 36.4 Å². The molecule has 6 heteroatoms. The molecule has 0 aliphatic heterocycles. The summed E-state index contributed by atoms with van der Waals surface area (Å²) in [5, 5.41) is 14.2. The average Bonchev–Trinajstić information content (AvgIpc) is 3.10. The number of rotatable bonds is 8. The zero-order chi connectivity index (χ0) is 21.1. The van der Waals surface area contributed by atoms with E-state index in [1.807, 2.05) is 16.6 Å². The van der Waals surface area contributed by atoms with Crippen LogP contribution >= 0.6 is 0 Å². The molecule has 1 aromatic carbocycles. The second-order valence-electron chi connectivity index (χ2n) is 7.42. The molecule has 0 fully saturated rings. The molecule has 3 aromatic rings. The van der Waals surface area contributed by atoms with Gasteiger partial charge >= 0.3 is 5.97 Å². The predicted octanol–water partition coefficient (Wildman–Crippen LogP) is 5.21. The Morgan fingerprint density at radius 2 is 1.86 bits per heavy atom. The summed E-state index contributed by atoms with van der Waals surface area (Å²) in [7, 11) is 0. The number of fused-ring (bicyclic) bond motifs is 1. The van der Waals surface area contributed by atoms with Gasteiger partial charge in [0.1, 0.15) is 5.82 Å². The fourth-order valence-corrected chi connectivity index (χ4v) is 3.59.